The van der Waals surface area contributed by atoms with Crippen LogP contribution in [0.15, 0.2) is 0 Å². The predicted octanol–water partition coefficient (Wildman–Crippen LogP) is 8.57. The highest BCUT2D eigenvalue weighted by atomic mass is 16.4. The highest BCUT2D eigenvalue weighted by Gasteiger charge is 1.98. The van der Waals surface area contributed by atoms with Gasteiger partial charge in [0, 0.05) is 6.42 Å². The molecule has 0 amide bonds. The average molecular weight is 517 g/mol. The van der Waals surface area contributed by atoms with Crippen molar-refractivity contribution in [1.82, 2.24) is 0 Å². The lowest BCUT2D eigenvalue weighted by Gasteiger charge is -2.04. The second kappa shape index (κ2) is 34.4. The van der Waals surface area contributed by atoms with Gasteiger partial charge >= 0.3 is 5.97 Å². The quantitative estimate of drug-likeness (QED) is 0.0781. The normalized spacial score (nSPS) is 11.0. The Bertz CT molecular complexity index is 398. The van der Waals surface area contributed by atoms with Crippen LogP contribution in [0.2, 0.25) is 0 Å². The molecule has 0 aromatic heterocycles. The third kappa shape index (κ3) is 37.9. The van der Waals surface area contributed by atoms with E-state index in [2.05, 4.69) is 6.92 Å². The Morgan fingerprint density at radius 2 is 0.694 bits per heavy atom. The van der Waals surface area contributed by atoms with Gasteiger partial charge in [-0.1, -0.05) is 161 Å². The highest BCUT2D eigenvalue weighted by Crippen LogP contribution is 2.15. The molecule has 0 aliphatic rings. The van der Waals surface area contributed by atoms with E-state index in [4.69, 9.17) is 20.4 Å². The molecule has 0 aromatic rings. The monoisotopic (exact) mass is 516 g/mol. The number of carboxylic acid groups (broad SMARTS) is 1. The summed E-state index contributed by atoms with van der Waals surface area (Å²) in [5, 5.41) is 32.6. The number of carbonyl (C=O) groups is 1. The van der Waals surface area contributed by atoms with Crippen LogP contribution in [0.25, 0.3) is 0 Å². The number of carboxylic acids is 1. The van der Waals surface area contributed by atoms with Gasteiger partial charge in [0.25, 0.3) is 0 Å². The van der Waals surface area contributed by atoms with Crippen LogP contribution in [0.4, 0.5) is 0 Å². The van der Waals surface area contributed by atoms with Gasteiger partial charge in [0.2, 0.25) is 0 Å². The summed E-state index contributed by atoms with van der Waals surface area (Å²) in [5.41, 5.74) is 0. The van der Waals surface area contributed by atoms with Gasteiger partial charge < -0.3 is 20.4 Å². The molecule has 0 saturated heterocycles. The van der Waals surface area contributed by atoms with Gasteiger partial charge in [-0.05, 0) is 6.42 Å². The van der Waals surface area contributed by atoms with Gasteiger partial charge in [-0.15, -0.1) is 0 Å². The van der Waals surface area contributed by atoms with Crippen LogP contribution in [0.3, 0.4) is 0 Å². The minimum Gasteiger partial charge on any atom is -0.481 e. The van der Waals surface area contributed by atoms with Crippen LogP contribution in [0.5, 0.6) is 0 Å². The molecule has 0 heterocycles. The summed E-state index contributed by atoms with van der Waals surface area (Å²) in [7, 11) is 0. The summed E-state index contributed by atoms with van der Waals surface area (Å²) in [6, 6.07) is 0. The molecule has 5 nitrogen and oxygen atoms in total. The number of hydrogen-bond acceptors (Lipinski definition) is 4. The number of aliphatic hydroxyl groups is 3. The summed E-state index contributed by atoms with van der Waals surface area (Å²) >= 11 is 0. The summed E-state index contributed by atoms with van der Waals surface area (Å²) in [4.78, 5) is 10.4. The summed E-state index contributed by atoms with van der Waals surface area (Å²) in [5.74, 6) is -0.649. The van der Waals surface area contributed by atoms with Crippen molar-refractivity contribution >= 4 is 5.97 Å². The van der Waals surface area contributed by atoms with Gasteiger partial charge in [0.05, 0.1) is 13.2 Å². The van der Waals surface area contributed by atoms with E-state index < -0.39 is 12.1 Å². The van der Waals surface area contributed by atoms with Crippen LogP contribution in [0.1, 0.15) is 174 Å². The number of hydrogen-bond donors (Lipinski definition) is 4. The third-order valence-corrected chi connectivity index (χ3v) is 6.92. The maximum atomic E-state index is 10.4. The standard InChI is InChI=1S/C28H56O2.C3H8O3/c1-2-3-4-5-6-7-8-9-10-11-12-13-14-15-16-17-18-19-20-21-22-23-24-25-26-27-28(29)30;4-1-3(6)2-5/h2-27H2,1H3,(H,29,30);3-6H,1-2H2. The van der Waals surface area contributed by atoms with Crippen LogP contribution in [0, 0.1) is 0 Å². The Hall–Kier alpha value is -0.650. The van der Waals surface area contributed by atoms with Gasteiger partial charge in [-0.3, -0.25) is 4.79 Å². The molecule has 0 bridgehead atoms. The van der Waals surface area contributed by atoms with Crippen LogP contribution < -0.4 is 0 Å². The molecule has 0 atom stereocenters. The molecule has 0 spiro atoms. The van der Waals surface area contributed by atoms with Crippen molar-refractivity contribution in [2.45, 2.75) is 180 Å². The molecule has 0 radical (unpaired) electrons. The molecule has 218 valence electrons. The zero-order chi connectivity index (χ0) is 27.0. The average Bonchev–Trinajstić information content (AvgIpc) is 2.88. The fourth-order valence-electron chi connectivity index (χ4n) is 4.47. The lowest BCUT2D eigenvalue weighted by Crippen LogP contribution is -2.15. The van der Waals surface area contributed by atoms with E-state index in [-0.39, 0.29) is 13.2 Å². The molecule has 0 saturated carbocycles. The third-order valence-electron chi connectivity index (χ3n) is 6.92. The molecule has 0 aliphatic heterocycles. The Labute approximate surface area is 224 Å². The first-order valence-corrected chi connectivity index (χ1v) is 15.7. The fourth-order valence-corrected chi connectivity index (χ4v) is 4.47. The Morgan fingerprint density at radius 1 is 0.472 bits per heavy atom. The predicted molar refractivity (Wildman–Crippen MR) is 154 cm³/mol. The van der Waals surface area contributed by atoms with E-state index in [1.807, 2.05) is 0 Å². The molecule has 5 heteroatoms. The van der Waals surface area contributed by atoms with Crippen molar-refractivity contribution < 1.29 is 25.2 Å². The summed E-state index contributed by atoms with van der Waals surface area (Å²) < 4.78 is 0. The highest BCUT2D eigenvalue weighted by molar-refractivity contribution is 5.66. The maximum Gasteiger partial charge on any atom is 0.303 e. The minimum absolute atomic E-state index is 0.347. The van der Waals surface area contributed by atoms with Gasteiger partial charge in [-0.25, -0.2) is 0 Å². The molecular weight excluding hydrogens is 452 g/mol. The van der Waals surface area contributed by atoms with E-state index >= 15 is 0 Å². The summed E-state index contributed by atoms with van der Waals surface area (Å²) in [6.07, 6.45) is 34.0. The van der Waals surface area contributed by atoms with E-state index in [1.165, 1.54) is 148 Å². The molecular formula is C31H64O5. The van der Waals surface area contributed by atoms with Gasteiger partial charge in [0.1, 0.15) is 6.10 Å². The van der Waals surface area contributed by atoms with E-state index in [9.17, 15) is 4.79 Å². The van der Waals surface area contributed by atoms with Crippen LogP contribution >= 0.6 is 0 Å². The van der Waals surface area contributed by atoms with E-state index in [0.717, 1.165) is 12.8 Å². The van der Waals surface area contributed by atoms with Crippen molar-refractivity contribution in [2.24, 2.45) is 0 Å². The van der Waals surface area contributed by atoms with E-state index in [0.29, 0.717) is 6.42 Å². The number of unbranched alkanes of at least 4 members (excludes halogenated alkanes) is 24. The molecule has 0 aliphatic carbocycles. The second-order valence-electron chi connectivity index (χ2n) is 10.6. The van der Waals surface area contributed by atoms with Crippen LogP contribution in [-0.4, -0.2) is 45.7 Å². The van der Waals surface area contributed by atoms with Gasteiger partial charge in [0.15, 0.2) is 0 Å². The summed E-state index contributed by atoms with van der Waals surface area (Å²) in [6.45, 7) is 1.56. The minimum atomic E-state index is -0.954. The van der Waals surface area contributed by atoms with E-state index in [1.54, 1.807) is 0 Å². The van der Waals surface area contributed by atoms with Crippen molar-refractivity contribution in [3.63, 3.8) is 0 Å². The number of aliphatic carboxylic acids is 1. The fraction of sp³-hybridized carbons (Fsp3) is 0.968. The molecule has 36 heavy (non-hydrogen) atoms. The smallest absolute Gasteiger partial charge is 0.303 e. The first-order valence-electron chi connectivity index (χ1n) is 15.7. The largest absolute Gasteiger partial charge is 0.481 e. The molecule has 0 aromatic carbocycles. The second-order valence-corrected chi connectivity index (χ2v) is 10.6. The number of rotatable bonds is 28. The Balaban J connectivity index is 0. The molecule has 0 unspecified atom stereocenters. The van der Waals surface area contributed by atoms with Gasteiger partial charge in [-0.2, -0.15) is 0 Å². The van der Waals surface area contributed by atoms with Crippen molar-refractivity contribution in [3.8, 4) is 0 Å². The zero-order valence-electron chi connectivity index (χ0n) is 24.1. The maximum absolute atomic E-state index is 10.4. The first kappa shape index (κ1) is 37.5. The topological polar surface area (TPSA) is 98.0 Å². The zero-order valence-corrected chi connectivity index (χ0v) is 24.1. The SMILES string of the molecule is CCCCCCCCCCCCCCCCCCCCCCCCCCCC(=O)O.OCC(O)CO. The van der Waals surface area contributed by atoms with Crippen molar-refractivity contribution in [2.75, 3.05) is 13.2 Å². The molecule has 4 N–H and O–H groups in total. The lowest BCUT2D eigenvalue weighted by molar-refractivity contribution is -0.137. The van der Waals surface area contributed by atoms with Crippen molar-refractivity contribution in [3.05, 3.63) is 0 Å². The molecule has 0 fully saturated rings. The first-order chi connectivity index (χ1) is 17.6. The molecule has 0 rings (SSSR count). The number of aliphatic hydroxyl groups excluding tert-OH is 3. The van der Waals surface area contributed by atoms with Crippen LogP contribution in [-0.2, 0) is 4.79 Å². The Kier molecular flexibility index (Phi) is 35.8. The lowest BCUT2D eigenvalue weighted by atomic mass is 10.0. The van der Waals surface area contributed by atoms with Crippen molar-refractivity contribution in [1.29, 1.82) is 0 Å². The Morgan fingerprint density at radius 3 is 0.861 bits per heavy atom.